The van der Waals surface area contributed by atoms with E-state index in [1.165, 1.54) is 6.07 Å². The Kier molecular flexibility index (Phi) is 5.75. The molecule has 6 nitrogen and oxygen atoms in total. The molecular weight excluding hydrogens is 401 g/mol. The van der Waals surface area contributed by atoms with Gasteiger partial charge in [0.2, 0.25) is 5.95 Å². The number of pyridine rings is 1. The molecule has 0 spiro atoms. The lowest BCUT2D eigenvalue weighted by Gasteiger charge is -2.14. The van der Waals surface area contributed by atoms with Crippen LogP contribution < -0.4 is 10.6 Å². The Bertz CT molecular complexity index is 894. The molecule has 0 saturated heterocycles. The number of rotatable bonds is 6. The first-order valence-corrected chi connectivity index (χ1v) is 8.73. The van der Waals surface area contributed by atoms with Crippen LogP contribution >= 0.6 is 15.9 Å². The smallest absolute Gasteiger partial charge is 0.225 e. The number of benzene rings is 1. The first-order valence-electron chi connectivity index (χ1n) is 7.94. The summed E-state index contributed by atoms with van der Waals surface area (Å²) in [6.45, 7) is 1.75. The van der Waals surface area contributed by atoms with Crippen molar-refractivity contribution in [2.45, 2.75) is 13.0 Å². The van der Waals surface area contributed by atoms with Crippen LogP contribution in [0.5, 0.6) is 0 Å². The van der Waals surface area contributed by atoms with Crippen LogP contribution in [0.25, 0.3) is 11.3 Å². The van der Waals surface area contributed by atoms with Crippen molar-refractivity contribution in [3.8, 4) is 11.3 Å². The molecule has 3 aromatic rings. The first-order chi connectivity index (χ1) is 12.5. The molecule has 0 aliphatic rings. The summed E-state index contributed by atoms with van der Waals surface area (Å²) >= 11 is 3.24. The number of aliphatic hydroxyl groups is 1. The molecule has 0 radical (unpaired) electrons. The molecule has 134 valence electrons. The summed E-state index contributed by atoms with van der Waals surface area (Å²) in [5.41, 5.74) is 1.80. The number of hydrogen-bond acceptors (Lipinski definition) is 6. The summed E-state index contributed by atoms with van der Waals surface area (Å²) in [5, 5.41) is 15.3. The van der Waals surface area contributed by atoms with E-state index in [0.717, 1.165) is 5.56 Å². The number of halogens is 2. The topological polar surface area (TPSA) is 83.0 Å². The summed E-state index contributed by atoms with van der Waals surface area (Å²) in [6.07, 6.45) is 3.34. The fourth-order valence-electron chi connectivity index (χ4n) is 2.24. The number of aromatic nitrogens is 3. The minimum atomic E-state index is -0.401. The second-order valence-corrected chi connectivity index (χ2v) is 6.59. The van der Waals surface area contributed by atoms with Gasteiger partial charge in [-0.2, -0.15) is 4.98 Å². The van der Waals surface area contributed by atoms with Crippen LogP contribution in [0.15, 0.2) is 53.3 Å². The van der Waals surface area contributed by atoms with Crippen LogP contribution in [0.1, 0.15) is 6.92 Å². The maximum absolute atomic E-state index is 14.1. The van der Waals surface area contributed by atoms with Crippen LogP contribution in [-0.2, 0) is 0 Å². The van der Waals surface area contributed by atoms with Gasteiger partial charge in [0, 0.05) is 34.5 Å². The van der Waals surface area contributed by atoms with Gasteiger partial charge in [0.25, 0.3) is 0 Å². The lowest BCUT2D eigenvalue weighted by atomic mass is 10.2. The van der Waals surface area contributed by atoms with Crippen LogP contribution in [0.2, 0.25) is 0 Å². The standard InChI is InChI=1S/C18H17BrFN5O/c1-11(10-26)22-18-24-16(12-4-6-21-7-5-12)9-17(25-18)23-15-3-2-13(19)8-14(15)20/h2-9,11,26H,10H2,1H3,(H2,22,23,24,25)/t11-/m0/s1. The van der Waals surface area contributed by atoms with Crippen molar-refractivity contribution in [3.63, 3.8) is 0 Å². The second-order valence-electron chi connectivity index (χ2n) is 5.68. The summed E-state index contributed by atoms with van der Waals surface area (Å²) in [6, 6.07) is 9.89. The molecule has 0 fully saturated rings. The highest BCUT2D eigenvalue weighted by atomic mass is 79.9. The first kappa shape index (κ1) is 18.2. The molecule has 0 amide bonds. The fraction of sp³-hybridized carbons (Fsp3) is 0.167. The monoisotopic (exact) mass is 417 g/mol. The molecule has 2 heterocycles. The zero-order valence-corrected chi connectivity index (χ0v) is 15.5. The Labute approximate surface area is 158 Å². The molecule has 1 aromatic carbocycles. The van der Waals surface area contributed by atoms with Gasteiger partial charge in [0.05, 0.1) is 18.0 Å². The third-order valence-corrected chi connectivity index (χ3v) is 4.04. The van der Waals surface area contributed by atoms with Crippen molar-refractivity contribution in [1.29, 1.82) is 0 Å². The molecule has 0 bridgehead atoms. The highest BCUT2D eigenvalue weighted by Gasteiger charge is 2.11. The Hall–Kier alpha value is -2.58. The largest absolute Gasteiger partial charge is 0.394 e. The van der Waals surface area contributed by atoms with E-state index in [0.29, 0.717) is 27.6 Å². The number of nitrogens with zero attached hydrogens (tertiary/aromatic N) is 3. The third-order valence-electron chi connectivity index (χ3n) is 3.55. The molecular formula is C18H17BrFN5O. The van der Waals surface area contributed by atoms with Gasteiger partial charge in [-0.3, -0.25) is 4.98 Å². The fourth-order valence-corrected chi connectivity index (χ4v) is 2.57. The predicted molar refractivity (Wildman–Crippen MR) is 103 cm³/mol. The summed E-state index contributed by atoms with van der Waals surface area (Å²) in [4.78, 5) is 12.8. The Balaban J connectivity index is 1.98. The molecule has 2 aromatic heterocycles. The lowest BCUT2D eigenvalue weighted by molar-refractivity contribution is 0.281. The van der Waals surface area contributed by atoms with Gasteiger partial charge in [-0.1, -0.05) is 15.9 Å². The zero-order valence-electron chi connectivity index (χ0n) is 13.9. The minimum absolute atomic E-state index is 0.0626. The molecule has 0 unspecified atom stereocenters. The minimum Gasteiger partial charge on any atom is -0.394 e. The molecule has 3 rings (SSSR count). The average molecular weight is 418 g/mol. The molecule has 0 saturated carbocycles. The van der Waals surface area contributed by atoms with Gasteiger partial charge in [0.15, 0.2) is 0 Å². The molecule has 8 heteroatoms. The van der Waals surface area contributed by atoms with Gasteiger partial charge in [-0.25, -0.2) is 9.37 Å². The van der Waals surface area contributed by atoms with Crippen LogP contribution in [0.4, 0.5) is 21.8 Å². The van der Waals surface area contributed by atoms with E-state index < -0.39 is 5.82 Å². The highest BCUT2D eigenvalue weighted by Crippen LogP contribution is 2.26. The lowest BCUT2D eigenvalue weighted by Crippen LogP contribution is -2.21. The van der Waals surface area contributed by atoms with Gasteiger partial charge >= 0.3 is 0 Å². The molecule has 26 heavy (non-hydrogen) atoms. The molecule has 0 aliphatic heterocycles. The summed E-state index contributed by atoms with van der Waals surface area (Å²) in [5.74, 6) is 0.364. The van der Waals surface area contributed by atoms with Crippen molar-refractivity contribution in [1.82, 2.24) is 15.0 Å². The molecule has 3 N–H and O–H groups in total. The SMILES string of the molecule is C[C@@H](CO)Nc1nc(Nc2ccc(Br)cc2F)cc(-c2ccncc2)n1. The van der Waals surface area contributed by atoms with Crippen LogP contribution in [0.3, 0.4) is 0 Å². The maximum Gasteiger partial charge on any atom is 0.225 e. The quantitative estimate of drug-likeness (QED) is 0.562. The van der Waals surface area contributed by atoms with Crippen molar-refractivity contribution in [3.05, 3.63) is 59.1 Å². The summed E-state index contributed by atoms with van der Waals surface area (Å²) in [7, 11) is 0. The van der Waals surface area contributed by atoms with E-state index in [9.17, 15) is 9.50 Å². The van der Waals surface area contributed by atoms with Crippen molar-refractivity contribution in [2.24, 2.45) is 0 Å². The van der Waals surface area contributed by atoms with E-state index in [-0.39, 0.29) is 12.6 Å². The Morgan fingerprint density at radius 1 is 1.15 bits per heavy atom. The number of hydrogen-bond donors (Lipinski definition) is 3. The normalized spacial score (nSPS) is 11.8. The predicted octanol–water partition coefficient (Wildman–Crippen LogP) is 3.98. The van der Waals surface area contributed by atoms with Crippen molar-refractivity contribution < 1.29 is 9.50 Å². The maximum atomic E-state index is 14.1. The number of anilines is 3. The highest BCUT2D eigenvalue weighted by molar-refractivity contribution is 9.10. The third kappa shape index (κ3) is 4.53. The molecule has 0 aliphatic carbocycles. The van der Waals surface area contributed by atoms with E-state index in [1.807, 2.05) is 19.1 Å². The van der Waals surface area contributed by atoms with Crippen molar-refractivity contribution in [2.75, 3.05) is 17.2 Å². The van der Waals surface area contributed by atoms with Gasteiger partial charge in [-0.15, -0.1) is 0 Å². The average Bonchev–Trinajstić information content (AvgIpc) is 2.64. The van der Waals surface area contributed by atoms with E-state index >= 15 is 0 Å². The Morgan fingerprint density at radius 2 is 1.92 bits per heavy atom. The van der Waals surface area contributed by atoms with Crippen LogP contribution in [-0.4, -0.2) is 32.7 Å². The van der Waals surface area contributed by atoms with Gasteiger partial charge in [0.1, 0.15) is 11.6 Å². The number of nitrogens with one attached hydrogen (secondary N) is 2. The van der Waals surface area contributed by atoms with Gasteiger partial charge in [-0.05, 0) is 37.3 Å². The summed E-state index contributed by atoms with van der Waals surface area (Å²) < 4.78 is 14.8. The van der Waals surface area contributed by atoms with Gasteiger partial charge < -0.3 is 15.7 Å². The second kappa shape index (κ2) is 8.20. The molecule has 1 atom stereocenters. The van der Waals surface area contributed by atoms with Crippen molar-refractivity contribution >= 4 is 33.4 Å². The van der Waals surface area contributed by atoms with Crippen LogP contribution in [0, 0.1) is 5.82 Å². The number of aliphatic hydroxyl groups excluding tert-OH is 1. The van der Waals surface area contributed by atoms with E-state index in [2.05, 4.69) is 41.5 Å². The zero-order chi connectivity index (χ0) is 18.5. The Morgan fingerprint density at radius 3 is 2.62 bits per heavy atom. The van der Waals surface area contributed by atoms with E-state index in [4.69, 9.17) is 0 Å². The van der Waals surface area contributed by atoms with E-state index in [1.54, 1.807) is 30.6 Å².